The standard InChI is InChI=1S/C19H22O4/c1-2-3-4-5-14-11-16(21)12-18(23)19(14)17(22)10-13-6-8-15(20)9-7-13/h6-9,11-12,20-21,23H,2-5,10H2,1H3. The number of aromatic hydroxyl groups is 3. The number of Topliss-reactive ketones (excluding diaryl/α,β-unsaturated/α-hetero) is 1. The van der Waals surface area contributed by atoms with E-state index >= 15 is 0 Å². The van der Waals surface area contributed by atoms with Crippen molar-refractivity contribution in [1.29, 1.82) is 0 Å². The van der Waals surface area contributed by atoms with Gasteiger partial charge in [0, 0.05) is 12.5 Å². The normalized spacial score (nSPS) is 10.7. The summed E-state index contributed by atoms with van der Waals surface area (Å²) >= 11 is 0. The van der Waals surface area contributed by atoms with Crippen molar-refractivity contribution in [3.63, 3.8) is 0 Å². The van der Waals surface area contributed by atoms with Gasteiger partial charge in [0.1, 0.15) is 17.2 Å². The lowest BCUT2D eigenvalue weighted by molar-refractivity contribution is 0.0989. The number of unbranched alkanes of at least 4 members (excludes halogenated alkanes) is 2. The number of phenolic OH excluding ortho intramolecular Hbond substituents is 3. The molecule has 0 unspecified atom stereocenters. The summed E-state index contributed by atoms with van der Waals surface area (Å²) in [5.74, 6) is -0.260. The molecular weight excluding hydrogens is 292 g/mol. The molecule has 0 aliphatic carbocycles. The van der Waals surface area contributed by atoms with E-state index in [-0.39, 0.29) is 35.0 Å². The van der Waals surface area contributed by atoms with Crippen molar-refractivity contribution in [3.05, 3.63) is 53.1 Å². The third kappa shape index (κ3) is 4.49. The van der Waals surface area contributed by atoms with Gasteiger partial charge in [0.15, 0.2) is 5.78 Å². The highest BCUT2D eigenvalue weighted by molar-refractivity contribution is 6.01. The van der Waals surface area contributed by atoms with Gasteiger partial charge in [-0.2, -0.15) is 0 Å². The third-order valence-electron chi connectivity index (χ3n) is 3.81. The number of phenols is 3. The van der Waals surface area contributed by atoms with Crippen LogP contribution >= 0.6 is 0 Å². The first-order chi connectivity index (χ1) is 11.0. The molecule has 0 saturated carbocycles. The van der Waals surface area contributed by atoms with E-state index in [9.17, 15) is 20.1 Å². The summed E-state index contributed by atoms with van der Waals surface area (Å²) < 4.78 is 0. The van der Waals surface area contributed by atoms with Crippen LogP contribution in [0, 0.1) is 0 Å². The van der Waals surface area contributed by atoms with Crippen LogP contribution in [0.2, 0.25) is 0 Å². The van der Waals surface area contributed by atoms with Crippen LogP contribution in [0.1, 0.15) is 47.7 Å². The van der Waals surface area contributed by atoms with E-state index < -0.39 is 0 Å². The Morgan fingerprint density at radius 1 is 0.957 bits per heavy atom. The number of carbonyl (C=O) groups excluding carboxylic acids is 1. The topological polar surface area (TPSA) is 77.8 Å². The quantitative estimate of drug-likeness (QED) is 0.534. The molecule has 3 N–H and O–H groups in total. The summed E-state index contributed by atoms with van der Waals surface area (Å²) in [7, 11) is 0. The van der Waals surface area contributed by atoms with Crippen molar-refractivity contribution >= 4 is 5.78 Å². The molecule has 4 heteroatoms. The zero-order valence-electron chi connectivity index (χ0n) is 13.2. The van der Waals surface area contributed by atoms with Gasteiger partial charge in [-0.1, -0.05) is 31.9 Å². The molecule has 2 aromatic carbocycles. The number of hydrogen-bond acceptors (Lipinski definition) is 4. The lowest BCUT2D eigenvalue weighted by Crippen LogP contribution is -2.08. The van der Waals surface area contributed by atoms with Gasteiger partial charge in [-0.25, -0.2) is 0 Å². The van der Waals surface area contributed by atoms with E-state index in [1.807, 2.05) is 0 Å². The van der Waals surface area contributed by atoms with Crippen molar-refractivity contribution in [2.24, 2.45) is 0 Å². The fourth-order valence-electron chi connectivity index (χ4n) is 2.64. The number of carbonyl (C=O) groups is 1. The van der Waals surface area contributed by atoms with Gasteiger partial charge >= 0.3 is 0 Å². The molecule has 0 aromatic heterocycles. The van der Waals surface area contributed by atoms with Crippen LogP contribution in [0.3, 0.4) is 0 Å². The second-order valence-electron chi connectivity index (χ2n) is 5.72. The minimum Gasteiger partial charge on any atom is -0.508 e. The summed E-state index contributed by atoms with van der Waals surface area (Å²) in [5.41, 5.74) is 1.73. The Hall–Kier alpha value is -2.49. The molecular formula is C19H22O4. The van der Waals surface area contributed by atoms with Crippen LogP contribution in [0.4, 0.5) is 0 Å². The van der Waals surface area contributed by atoms with Crippen LogP contribution in [0.15, 0.2) is 36.4 Å². The van der Waals surface area contributed by atoms with Gasteiger partial charge in [-0.05, 0) is 42.2 Å². The maximum absolute atomic E-state index is 12.6. The minimum absolute atomic E-state index is 0.0322. The van der Waals surface area contributed by atoms with Crippen LogP contribution in [-0.4, -0.2) is 21.1 Å². The van der Waals surface area contributed by atoms with E-state index in [1.165, 1.54) is 18.2 Å². The summed E-state index contributed by atoms with van der Waals surface area (Å²) in [4.78, 5) is 12.6. The SMILES string of the molecule is CCCCCc1cc(O)cc(O)c1C(=O)Cc1ccc(O)cc1. The predicted octanol–water partition coefficient (Wildman–Crippen LogP) is 3.96. The molecule has 0 bridgehead atoms. The summed E-state index contributed by atoms with van der Waals surface area (Å²) in [5, 5.41) is 29.1. The summed E-state index contributed by atoms with van der Waals surface area (Å²) in [6.45, 7) is 2.09. The molecule has 0 radical (unpaired) electrons. The van der Waals surface area contributed by atoms with E-state index in [2.05, 4.69) is 6.92 Å². The molecule has 2 aromatic rings. The first-order valence-electron chi connectivity index (χ1n) is 7.87. The maximum atomic E-state index is 12.6. The van der Waals surface area contributed by atoms with Crippen molar-refractivity contribution < 1.29 is 20.1 Å². The highest BCUT2D eigenvalue weighted by atomic mass is 16.3. The average Bonchev–Trinajstić information content (AvgIpc) is 2.49. The highest BCUT2D eigenvalue weighted by Crippen LogP contribution is 2.30. The minimum atomic E-state index is -0.195. The Morgan fingerprint density at radius 2 is 1.65 bits per heavy atom. The van der Waals surface area contributed by atoms with Gasteiger partial charge in [-0.15, -0.1) is 0 Å². The first-order valence-corrected chi connectivity index (χ1v) is 7.87. The number of rotatable bonds is 7. The summed E-state index contributed by atoms with van der Waals surface area (Å²) in [6.07, 6.45) is 3.77. The second kappa shape index (κ2) is 7.68. The molecule has 0 saturated heterocycles. The number of hydrogen-bond donors (Lipinski definition) is 3. The van der Waals surface area contributed by atoms with Gasteiger partial charge in [0.05, 0.1) is 5.56 Å². The van der Waals surface area contributed by atoms with Crippen LogP contribution in [0.25, 0.3) is 0 Å². The van der Waals surface area contributed by atoms with E-state index in [0.29, 0.717) is 12.0 Å². The number of aryl methyl sites for hydroxylation is 1. The molecule has 2 rings (SSSR count). The fourth-order valence-corrected chi connectivity index (χ4v) is 2.64. The molecule has 0 amide bonds. The van der Waals surface area contributed by atoms with Gasteiger partial charge in [0.2, 0.25) is 0 Å². The van der Waals surface area contributed by atoms with Crippen molar-refractivity contribution in [2.45, 2.75) is 39.0 Å². The third-order valence-corrected chi connectivity index (χ3v) is 3.81. The Bertz CT molecular complexity index is 675. The summed E-state index contributed by atoms with van der Waals surface area (Å²) in [6, 6.07) is 9.18. The Labute approximate surface area is 136 Å². The molecule has 4 nitrogen and oxygen atoms in total. The molecule has 0 heterocycles. The molecule has 0 aliphatic rings. The molecule has 0 fully saturated rings. The molecule has 23 heavy (non-hydrogen) atoms. The number of ketones is 1. The lowest BCUT2D eigenvalue weighted by atomic mass is 9.94. The zero-order valence-corrected chi connectivity index (χ0v) is 13.2. The van der Waals surface area contributed by atoms with Gasteiger partial charge in [-0.3, -0.25) is 4.79 Å². The zero-order chi connectivity index (χ0) is 16.8. The fraction of sp³-hybridized carbons (Fsp3) is 0.316. The highest BCUT2D eigenvalue weighted by Gasteiger charge is 2.18. The molecule has 0 atom stereocenters. The largest absolute Gasteiger partial charge is 0.508 e. The molecule has 0 spiro atoms. The average molecular weight is 314 g/mol. The smallest absolute Gasteiger partial charge is 0.171 e. The van der Waals surface area contributed by atoms with Crippen molar-refractivity contribution in [1.82, 2.24) is 0 Å². The van der Waals surface area contributed by atoms with Gasteiger partial charge in [0.25, 0.3) is 0 Å². The van der Waals surface area contributed by atoms with Crippen molar-refractivity contribution in [3.8, 4) is 17.2 Å². The number of benzene rings is 2. The molecule has 0 aliphatic heterocycles. The Kier molecular flexibility index (Phi) is 5.63. The lowest BCUT2D eigenvalue weighted by Gasteiger charge is -2.12. The monoisotopic (exact) mass is 314 g/mol. The Morgan fingerprint density at radius 3 is 2.30 bits per heavy atom. The van der Waals surface area contributed by atoms with Crippen LogP contribution < -0.4 is 0 Å². The van der Waals surface area contributed by atoms with E-state index in [4.69, 9.17) is 0 Å². The second-order valence-corrected chi connectivity index (χ2v) is 5.72. The maximum Gasteiger partial charge on any atom is 0.171 e. The van der Waals surface area contributed by atoms with E-state index in [0.717, 1.165) is 24.8 Å². The Balaban J connectivity index is 2.25. The van der Waals surface area contributed by atoms with Crippen molar-refractivity contribution in [2.75, 3.05) is 0 Å². The van der Waals surface area contributed by atoms with Crippen LogP contribution in [-0.2, 0) is 12.8 Å². The van der Waals surface area contributed by atoms with Crippen LogP contribution in [0.5, 0.6) is 17.2 Å². The first kappa shape index (κ1) is 16.9. The van der Waals surface area contributed by atoms with Gasteiger partial charge < -0.3 is 15.3 Å². The van der Waals surface area contributed by atoms with E-state index in [1.54, 1.807) is 18.2 Å². The predicted molar refractivity (Wildman–Crippen MR) is 89.1 cm³/mol. The molecule has 122 valence electrons.